The molecule has 0 atom stereocenters. The largest absolute Gasteiger partial charge is 0.336 e. The average Bonchev–Trinajstić information content (AvgIpc) is 3.21. The second-order valence-corrected chi connectivity index (χ2v) is 6.99. The van der Waals surface area contributed by atoms with Crippen LogP contribution in [0.25, 0.3) is 10.8 Å². The maximum Gasteiger partial charge on any atom is 0.238 e. The molecule has 1 aromatic heterocycles. The molecule has 1 fully saturated rings. The summed E-state index contributed by atoms with van der Waals surface area (Å²) < 4.78 is 2.10. The van der Waals surface area contributed by atoms with Crippen molar-refractivity contribution in [2.24, 2.45) is 0 Å². The first-order valence-electron chi connectivity index (χ1n) is 9.46. The monoisotopic (exact) mass is 363 g/mol. The van der Waals surface area contributed by atoms with E-state index in [1.54, 1.807) is 0 Å². The first-order chi connectivity index (χ1) is 13.3. The highest BCUT2D eigenvalue weighted by molar-refractivity contribution is 6.02. The Morgan fingerprint density at radius 2 is 1.74 bits per heavy atom. The van der Waals surface area contributed by atoms with Crippen molar-refractivity contribution < 1.29 is 4.79 Å². The second-order valence-electron chi connectivity index (χ2n) is 6.99. The molecular formula is C21H25N5O. The van der Waals surface area contributed by atoms with Gasteiger partial charge in [-0.1, -0.05) is 36.4 Å². The number of rotatable bonds is 6. The third-order valence-electron chi connectivity index (χ3n) is 5.13. The van der Waals surface area contributed by atoms with Crippen molar-refractivity contribution in [3.05, 3.63) is 61.2 Å². The average molecular weight is 363 g/mol. The Hall–Kier alpha value is -2.70. The maximum absolute atomic E-state index is 12.5. The van der Waals surface area contributed by atoms with Crippen LogP contribution in [0.5, 0.6) is 0 Å². The van der Waals surface area contributed by atoms with Crippen molar-refractivity contribution in [1.29, 1.82) is 0 Å². The Labute approximate surface area is 159 Å². The van der Waals surface area contributed by atoms with Crippen LogP contribution in [0.15, 0.2) is 61.2 Å². The highest BCUT2D eigenvalue weighted by Crippen LogP contribution is 2.22. The van der Waals surface area contributed by atoms with E-state index in [1.165, 1.54) is 0 Å². The first-order valence-corrected chi connectivity index (χ1v) is 9.46. The number of carbonyl (C=O) groups is 1. The topological polar surface area (TPSA) is 53.4 Å². The van der Waals surface area contributed by atoms with Crippen LogP contribution in [0.3, 0.4) is 0 Å². The molecule has 1 aliphatic rings. The van der Waals surface area contributed by atoms with Crippen LogP contribution in [-0.4, -0.2) is 64.5 Å². The summed E-state index contributed by atoms with van der Waals surface area (Å²) in [5.74, 6) is 0.0539. The molecule has 140 valence electrons. The van der Waals surface area contributed by atoms with E-state index in [4.69, 9.17) is 0 Å². The summed E-state index contributed by atoms with van der Waals surface area (Å²) in [7, 11) is 0. The molecule has 0 aliphatic carbocycles. The maximum atomic E-state index is 12.5. The van der Waals surface area contributed by atoms with Gasteiger partial charge in [-0.3, -0.25) is 14.6 Å². The second kappa shape index (κ2) is 8.33. The van der Waals surface area contributed by atoms with Gasteiger partial charge in [-0.05, 0) is 11.5 Å². The Bertz CT molecular complexity index is 879. The van der Waals surface area contributed by atoms with Gasteiger partial charge in [-0.15, -0.1) is 0 Å². The summed E-state index contributed by atoms with van der Waals surface area (Å²) in [5.41, 5.74) is 0.886. The molecule has 1 N–H and O–H groups in total. The number of anilines is 1. The number of aromatic nitrogens is 2. The Balaban J connectivity index is 1.25. The summed E-state index contributed by atoms with van der Waals surface area (Å²) >= 11 is 0. The smallest absolute Gasteiger partial charge is 0.238 e. The molecule has 4 rings (SSSR count). The summed E-state index contributed by atoms with van der Waals surface area (Å²) in [4.78, 5) is 21.3. The van der Waals surface area contributed by atoms with Crippen molar-refractivity contribution in [3.8, 4) is 0 Å². The minimum absolute atomic E-state index is 0.0539. The Morgan fingerprint density at radius 3 is 2.56 bits per heavy atom. The molecule has 0 saturated carbocycles. The highest BCUT2D eigenvalue weighted by atomic mass is 16.2. The van der Waals surface area contributed by atoms with Crippen LogP contribution in [0.2, 0.25) is 0 Å². The number of piperazine rings is 1. The van der Waals surface area contributed by atoms with Crippen LogP contribution in [0.4, 0.5) is 5.69 Å². The van der Waals surface area contributed by atoms with Crippen molar-refractivity contribution >= 4 is 22.4 Å². The molecule has 1 amide bonds. The van der Waals surface area contributed by atoms with E-state index in [9.17, 15) is 4.79 Å². The molecule has 6 nitrogen and oxygen atoms in total. The molecule has 6 heteroatoms. The van der Waals surface area contributed by atoms with Crippen LogP contribution in [0, 0.1) is 0 Å². The fraction of sp³-hybridized carbons (Fsp3) is 0.333. The molecule has 1 aliphatic heterocycles. The normalized spacial score (nSPS) is 15.9. The van der Waals surface area contributed by atoms with Gasteiger partial charge < -0.3 is 9.88 Å². The molecule has 0 unspecified atom stereocenters. The molecule has 0 radical (unpaired) electrons. The van der Waals surface area contributed by atoms with E-state index >= 15 is 0 Å². The molecule has 0 spiro atoms. The lowest BCUT2D eigenvalue weighted by molar-refractivity contribution is -0.117. The standard InChI is InChI=1S/C21H25N5O/c27-21(23-20-7-3-5-18-4-1-2-6-19(18)20)16-25-13-10-24(11-14-25)12-15-26-9-8-22-17-26/h1-9,17H,10-16H2,(H,23,27). The molecule has 27 heavy (non-hydrogen) atoms. The van der Waals surface area contributed by atoms with E-state index in [1.807, 2.05) is 49.1 Å². The zero-order chi connectivity index (χ0) is 18.5. The summed E-state index contributed by atoms with van der Waals surface area (Å²) in [6, 6.07) is 14.1. The van der Waals surface area contributed by atoms with Gasteiger partial charge in [0.25, 0.3) is 0 Å². The number of benzene rings is 2. The predicted octanol–water partition coefficient (Wildman–Crippen LogP) is 2.29. The number of amides is 1. The predicted molar refractivity (Wildman–Crippen MR) is 108 cm³/mol. The Morgan fingerprint density at radius 1 is 0.963 bits per heavy atom. The fourth-order valence-corrected chi connectivity index (χ4v) is 3.57. The number of hydrogen-bond donors (Lipinski definition) is 1. The first kappa shape index (κ1) is 17.7. The molecule has 3 aromatic rings. The molecule has 1 saturated heterocycles. The lowest BCUT2D eigenvalue weighted by Crippen LogP contribution is -2.49. The highest BCUT2D eigenvalue weighted by Gasteiger charge is 2.19. The van der Waals surface area contributed by atoms with Gasteiger partial charge >= 0.3 is 0 Å². The minimum atomic E-state index is 0.0539. The van der Waals surface area contributed by atoms with Crippen LogP contribution in [-0.2, 0) is 11.3 Å². The van der Waals surface area contributed by atoms with Crippen LogP contribution in [0.1, 0.15) is 0 Å². The molecule has 2 heterocycles. The SMILES string of the molecule is O=C(CN1CCN(CCn2ccnc2)CC1)Nc1cccc2ccccc12. The van der Waals surface area contributed by atoms with Gasteiger partial charge in [0, 0.05) is 62.7 Å². The number of carbonyl (C=O) groups excluding carboxylic acids is 1. The minimum Gasteiger partial charge on any atom is -0.336 e. The lowest BCUT2D eigenvalue weighted by atomic mass is 10.1. The van der Waals surface area contributed by atoms with Crippen LogP contribution < -0.4 is 5.32 Å². The molecule has 2 aromatic carbocycles. The van der Waals surface area contributed by atoms with Gasteiger partial charge in [0.1, 0.15) is 0 Å². The summed E-state index contributed by atoms with van der Waals surface area (Å²) in [6.45, 7) is 6.26. The third kappa shape index (κ3) is 4.53. The van der Waals surface area contributed by atoms with Crippen molar-refractivity contribution in [2.45, 2.75) is 6.54 Å². The van der Waals surface area contributed by atoms with Crippen molar-refractivity contribution in [1.82, 2.24) is 19.4 Å². The zero-order valence-corrected chi connectivity index (χ0v) is 15.4. The lowest BCUT2D eigenvalue weighted by Gasteiger charge is -2.34. The van der Waals surface area contributed by atoms with Crippen LogP contribution >= 0.6 is 0 Å². The van der Waals surface area contributed by atoms with Gasteiger partial charge in [-0.25, -0.2) is 4.98 Å². The van der Waals surface area contributed by atoms with Gasteiger partial charge in [0.05, 0.1) is 12.9 Å². The molecule has 0 bridgehead atoms. The number of nitrogens with zero attached hydrogens (tertiary/aromatic N) is 4. The Kier molecular flexibility index (Phi) is 5.46. The number of hydrogen-bond acceptors (Lipinski definition) is 4. The van der Waals surface area contributed by atoms with E-state index < -0.39 is 0 Å². The van der Waals surface area contributed by atoms with E-state index in [-0.39, 0.29) is 5.91 Å². The van der Waals surface area contributed by atoms with E-state index in [0.717, 1.165) is 55.7 Å². The zero-order valence-electron chi connectivity index (χ0n) is 15.4. The van der Waals surface area contributed by atoms with Gasteiger partial charge in [0.2, 0.25) is 5.91 Å². The summed E-state index contributed by atoms with van der Waals surface area (Å²) in [5, 5.41) is 5.30. The van der Waals surface area contributed by atoms with Gasteiger partial charge in [0.15, 0.2) is 0 Å². The fourth-order valence-electron chi connectivity index (χ4n) is 3.57. The number of fused-ring (bicyclic) bond motifs is 1. The van der Waals surface area contributed by atoms with E-state index in [0.29, 0.717) is 6.54 Å². The van der Waals surface area contributed by atoms with Crippen molar-refractivity contribution in [2.75, 3.05) is 44.6 Å². The number of imidazole rings is 1. The van der Waals surface area contributed by atoms with Crippen molar-refractivity contribution in [3.63, 3.8) is 0 Å². The van der Waals surface area contributed by atoms with Gasteiger partial charge in [-0.2, -0.15) is 0 Å². The third-order valence-corrected chi connectivity index (χ3v) is 5.13. The quantitative estimate of drug-likeness (QED) is 0.730. The van der Waals surface area contributed by atoms with E-state index in [2.05, 4.69) is 36.8 Å². The molecular weight excluding hydrogens is 338 g/mol. The number of nitrogens with one attached hydrogen (secondary N) is 1. The summed E-state index contributed by atoms with van der Waals surface area (Å²) in [6.07, 6.45) is 5.66.